The Morgan fingerprint density at radius 3 is 2.33 bits per heavy atom. The van der Waals surface area contributed by atoms with E-state index in [1.54, 1.807) is 12.2 Å². The number of carboxylic acid groups (broad SMARTS) is 1. The zero-order valence-corrected chi connectivity index (χ0v) is 9.67. The van der Waals surface area contributed by atoms with Crippen molar-refractivity contribution in [3.8, 4) is 0 Å². The second-order valence-electron chi connectivity index (χ2n) is 4.20. The van der Waals surface area contributed by atoms with Crippen LogP contribution in [-0.2, 0) is 9.59 Å². The van der Waals surface area contributed by atoms with Gasteiger partial charge in [-0.15, -0.1) is 0 Å². The predicted molar refractivity (Wildman–Crippen MR) is 67.4 cm³/mol. The number of allylic oxidation sites excluding steroid dienone is 3. The second kappa shape index (κ2) is 4.49. The van der Waals surface area contributed by atoms with Gasteiger partial charge in [0.15, 0.2) is 5.41 Å². The molecule has 0 spiro atoms. The van der Waals surface area contributed by atoms with Crippen molar-refractivity contribution in [2.45, 2.75) is 6.42 Å². The number of carbonyl (C=O) groups is 2. The summed E-state index contributed by atoms with van der Waals surface area (Å²) in [4.78, 5) is 22.5. The molecule has 4 heteroatoms. The molecule has 0 radical (unpaired) electrons. The number of hydrogen-bond acceptors (Lipinski definition) is 2. The highest BCUT2D eigenvalue weighted by Crippen LogP contribution is 2.33. The molecule has 92 valence electrons. The third-order valence-electron chi connectivity index (χ3n) is 3.12. The molecule has 1 atom stereocenters. The van der Waals surface area contributed by atoms with Crippen molar-refractivity contribution in [1.82, 2.24) is 0 Å². The largest absolute Gasteiger partial charge is 0.480 e. The van der Waals surface area contributed by atoms with Gasteiger partial charge in [-0.3, -0.25) is 9.59 Å². The molecule has 0 bridgehead atoms. The van der Waals surface area contributed by atoms with Crippen LogP contribution < -0.4 is 5.73 Å². The zero-order chi connectivity index (χ0) is 13.2. The fraction of sp³-hybridized carbons (Fsp3) is 0.143. The summed E-state index contributed by atoms with van der Waals surface area (Å²) in [6.07, 6.45) is 4.82. The first-order valence-electron chi connectivity index (χ1n) is 5.54. The van der Waals surface area contributed by atoms with Crippen LogP contribution in [0.5, 0.6) is 0 Å². The smallest absolute Gasteiger partial charge is 0.323 e. The Morgan fingerprint density at radius 1 is 1.22 bits per heavy atom. The minimum atomic E-state index is -1.61. The summed E-state index contributed by atoms with van der Waals surface area (Å²) in [6.45, 7) is 0. The number of benzene rings is 1. The van der Waals surface area contributed by atoms with Gasteiger partial charge in [0.1, 0.15) is 0 Å². The van der Waals surface area contributed by atoms with Crippen molar-refractivity contribution in [2.24, 2.45) is 11.1 Å². The van der Waals surface area contributed by atoms with Crippen molar-refractivity contribution in [3.05, 3.63) is 54.1 Å². The summed E-state index contributed by atoms with van der Waals surface area (Å²) in [6, 6.07) is 9.55. The summed E-state index contributed by atoms with van der Waals surface area (Å²) in [5.41, 5.74) is 5.45. The number of rotatable bonds is 3. The number of nitrogens with two attached hydrogens (primary N) is 1. The van der Waals surface area contributed by atoms with E-state index in [1.165, 1.54) is 6.08 Å². The van der Waals surface area contributed by atoms with Gasteiger partial charge >= 0.3 is 5.97 Å². The van der Waals surface area contributed by atoms with Crippen molar-refractivity contribution in [1.29, 1.82) is 0 Å². The number of hydrogen-bond donors (Lipinski definition) is 2. The molecule has 18 heavy (non-hydrogen) atoms. The molecule has 0 saturated carbocycles. The summed E-state index contributed by atoms with van der Waals surface area (Å²) in [7, 11) is 0. The molecule has 1 aliphatic carbocycles. The Labute approximate surface area is 104 Å². The van der Waals surface area contributed by atoms with Crippen molar-refractivity contribution >= 4 is 17.4 Å². The SMILES string of the molecule is NC(=O)C1(C(=O)O)C=CC(c2ccccc2)=CC1. The van der Waals surface area contributed by atoms with Gasteiger partial charge in [0.05, 0.1) is 0 Å². The molecule has 0 heterocycles. The molecule has 2 rings (SSSR count). The molecule has 1 amide bonds. The molecule has 0 aromatic heterocycles. The summed E-state index contributed by atoms with van der Waals surface area (Å²) in [5.74, 6) is -2.05. The van der Waals surface area contributed by atoms with E-state index in [0.29, 0.717) is 0 Å². The average molecular weight is 243 g/mol. The van der Waals surface area contributed by atoms with Crippen LogP contribution in [0, 0.1) is 5.41 Å². The lowest BCUT2D eigenvalue weighted by Gasteiger charge is -2.24. The molecule has 1 unspecified atom stereocenters. The molecular weight excluding hydrogens is 230 g/mol. The third kappa shape index (κ3) is 1.93. The number of amides is 1. The summed E-state index contributed by atoms with van der Waals surface area (Å²) in [5, 5.41) is 9.13. The van der Waals surface area contributed by atoms with Gasteiger partial charge in [0.25, 0.3) is 0 Å². The zero-order valence-electron chi connectivity index (χ0n) is 9.67. The molecule has 1 aromatic rings. The topological polar surface area (TPSA) is 80.4 Å². The van der Waals surface area contributed by atoms with Crippen LogP contribution in [0.25, 0.3) is 5.57 Å². The normalized spacial score (nSPS) is 22.3. The molecule has 0 saturated heterocycles. The van der Waals surface area contributed by atoms with E-state index < -0.39 is 17.3 Å². The van der Waals surface area contributed by atoms with Gasteiger partial charge < -0.3 is 10.8 Å². The van der Waals surface area contributed by atoms with Gasteiger partial charge in [0.2, 0.25) is 5.91 Å². The van der Waals surface area contributed by atoms with Crippen LogP contribution >= 0.6 is 0 Å². The van der Waals surface area contributed by atoms with E-state index >= 15 is 0 Å². The molecule has 1 aliphatic rings. The van der Waals surface area contributed by atoms with E-state index in [9.17, 15) is 9.59 Å². The minimum absolute atomic E-state index is 0.0817. The Balaban J connectivity index is 2.31. The standard InChI is InChI=1S/C14H13NO3/c15-12(16)14(13(17)18)8-6-11(7-9-14)10-4-2-1-3-5-10/h1-8H,9H2,(H2,15,16)(H,17,18). The lowest BCUT2D eigenvalue weighted by Crippen LogP contribution is -2.42. The summed E-state index contributed by atoms with van der Waals surface area (Å²) < 4.78 is 0. The lowest BCUT2D eigenvalue weighted by molar-refractivity contribution is -0.151. The quantitative estimate of drug-likeness (QED) is 0.791. The highest BCUT2D eigenvalue weighted by molar-refractivity contribution is 6.04. The van der Waals surface area contributed by atoms with E-state index in [1.807, 2.05) is 30.3 Å². The Kier molecular flexibility index (Phi) is 3.02. The van der Waals surface area contributed by atoms with E-state index in [4.69, 9.17) is 10.8 Å². The number of carbonyl (C=O) groups excluding carboxylic acids is 1. The molecule has 3 N–H and O–H groups in total. The van der Waals surface area contributed by atoms with E-state index in [-0.39, 0.29) is 6.42 Å². The Morgan fingerprint density at radius 2 is 1.89 bits per heavy atom. The highest BCUT2D eigenvalue weighted by atomic mass is 16.4. The molecule has 1 aromatic carbocycles. The van der Waals surface area contributed by atoms with Gasteiger partial charge in [0, 0.05) is 0 Å². The maximum Gasteiger partial charge on any atom is 0.323 e. The fourth-order valence-corrected chi connectivity index (χ4v) is 1.93. The average Bonchev–Trinajstić information content (AvgIpc) is 2.39. The number of primary amides is 1. The van der Waals surface area contributed by atoms with Crippen molar-refractivity contribution in [2.75, 3.05) is 0 Å². The molecule has 4 nitrogen and oxygen atoms in total. The first-order chi connectivity index (χ1) is 8.56. The molecular formula is C14H13NO3. The van der Waals surface area contributed by atoms with Crippen LogP contribution in [0.1, 0.15) is 12.0 Å². The van der Waals surface area contributed by atoms with Gasteiger partial charge in [-0.05, 0) is 17.6 Å². The highest BCUT2D eigenvalue weighted by Gasteiger charge is 2.42. The maximum atomic E-state index is 11.3. The van der Waals surface area contributed by atoms with Crippen molar-refractivity contribution in [3.63, 3.8) is 0 Å². The van der Waals surface area contributed by atoms with E-state index in [2.05, 4.69) is 0 Å². The van der Waals surface area contributed by atoms with Gasteiger partial charge in [-0.1, -0.05) is 48.6 Å². The number of carboxylic acids is 1. The monoisotopic (exact) mass is 243 g/mol. The van der Waals surface area contributed by atoms with Gasteiger partial charge in [-0.25, -0.2) is 0 Å². The van der Waals surface area contributed by atoms with Crippen LogP contribution in [0.15, 0.2) is 48.6 Å². The third-order valence-corrected chi connectivity index (χ3v) is 3.12. The first-order valence-corrected chi connectivity index (χ1v) is 5.54. The second-order valence-corrected chi connectivity index (χ2v) is 4.20. The predicted octanol–water partition coefficient (Wildman–Crippen LogP) is 1.59. The fourth-order valence-electron chi connectivity index (χ4n) is 1.93. The van der Waals surface area contributed by atoms with Crippen LogP contribution in [0.2, 0.25) is 0 Å². The molecule has 0 fully saturated rings. The summed E-state index contributed by atoms with van der Waals surface area (Å²) >= 11 is 0. The lowest BCUT2D eigenvalue weighted by atomic mass is 9.78. The van der Waals surface area contributed by atoms with Crippen molar-refractivity contribution < 1.29 is 14.7 Å². The van der Waals surface area contributed by atoms with Gasteiger partial charge in [-0.2, -0.15) is 0 Å². The number of aliphatic carboxylic acids is 1. The molecule has 0 aliphatic heterocycles. The van der Waals surface area contributed by atoms with E-state index in [0.717, 1.165) is 11.1 Å². The maximum absolute atomic E-state index is 11.3. The first kappa shape index (κ1) is 12.1. The van der Waals surface area contributed by atoms with Crippen LogP contribution in [0.4, 0.5) is 0 Å². The Hall–Kier alpha value is -2.36. The van der Waals surface area contributed by atoms with Crippen LogP contribution in [0.3, 0.4) is 0 Å². The Bertz CT molecular complexity index is 529. The minimum Gasteiger partial charge on any atom is -0.480 e. The van der Waals surface area contributed by atoms with Crippen LogP contribution in [-0.4, -0.2) is 17.0 Å².